The van der Waals surface area contributed by atoms with E-state index in [1.54, 1.807) is 18.5 Å². The minimum atomic E-state index is -0.370. The van der Waals surface area contributed by atoms with Crippen molar-refractivity contribution < 1.29 is 9.90 Å². The summed E-state index contributed by atoms with van der Waals surface area (Å²) < 4.78 is 0. The number of hydrogen-bond donors (Lipinski definition) is 2. The van der Waals surface area contributed by atoms with Gasteiger partial charge in [-0.05, 0) is 17.2 Å². The van der Waals surface area contributed by atoms with Crippen molar-refractivity contribution in [2.45, 2.75) is 12.5 Å². The van der Waals surface area contributed by atoms with Crippen molar-refractivity contribution in [2.24, 2.45) is 0 Å². The first-order valence-electron chi connectivity index (χ1n) is 6.13. The second kappa shape index (κ2) is 6.66. The Balaban J connectivity index is 1.97. The first-order valence-corrected chi connectivity index (χ1v) is 6.13. The number of amides is 1. The highest BCUT2D eigenvalue weighted by atomic mass is 16.3. The first kappa shape index (κ1) is 13.2. The Labute approximate surface area is 112 Å². The zero-order chi connectivity index (χ0) is 13.5. The Hall–Kier alpha value is -2.20. The number of aliphatic hydroxyl groups excluding tert-OH is 1. The lowest BCUT2D eigenvalue weighted by Gasteiger charge is -2.16. The summed E-state index contributed by atoms with van der Waals surface area (Å²) in [6.45, 7) is -0.122. The van der Waals surface area contributed by atoms with Crippen LogP contribution in [0.5, 0.6) is 0 Å². The van der Waals surface area contributed by atoms with Gasteiger partial charge in [0.2, 0.25) is 5.91 Å². The van der Waals surface area contributed by atoms with E-state index >= 15 is 0 Å². The molecule has 2 aromatic rings. The maximum Gasteiger partial charge on any atom is 0.225 e. The third-order valence-corrected chi connectivity index (χ3v) is 2.81. The van der Waals surface area contributed by atoms with Crippen LogP contribution in [0, 0.1) is 0 Å². The van der Waals surface area contributed by atoms with Gasteiger partial charge in [-0.3, -0.25) is 9.78 Å². The van der Waals surface area contributed by atoms with Crippen LogP contribution in [-0.2, 0) is 11.2 Å². The van der Waals surface area contributed by atoms with E-state index in [0.29, 0.717) is 0 Å². The molecule has 0 bridgehead atoms. The molecule has 98 valence electrons. The average molecular weight is 256 g/mol. The zero-order valence-corrected chi connectivity index (χ0v) is 10.5. The van der Waals surface area contributed by atoms with Gasteiger partial charge in [0.1, 0.15) is 0 Å². The number of rotatable bonds is 5. The van der Waals surface area contributed by atoms with Crippen molar-refractivity contribution in [1.29, 1.82) is 0 Å². The third-order valence-electron chi connectivity index (χ3n) is 2.81. The second-order valence-electron chi connectivity index (χ2n) is 4.25. The maximum absolute atomic E-state index is 11.9. The molecule has 1 aromatic heterocycles. The Morgan fingerprint density at radius 3 is 2.63 bits per heavy atom. The zero-order valence-electron chi connectivity index (χ0n) is 10.5. The number of nitrogens with one attached hydrogen (secondary N) is 1. The topological polar surface area (TPSA) is 62.2 Å². The number of hydrogen-bond acceptors (Lipinski definition) is 3. The monoisotopic (exact) mass is 256 g/mol. The predicted molar refractivity (Wildman–Crippen MR) is 72.4 cm³/mol. The number of carbonyl (C=O) groups is 1. The molecule has 0 saturated heterocycles. The van der Waals surface area contributed by atoms with Gasteiger partial charge in [0.05, 0.1) is 19.1 Å². The van der Waals surface area contributed by atoms with Crippen LogP contribution >= 0.6 is 0 Å². The molecule has 0 fully saturated rings. The average Bonchev–Trinajstić information content (AvgIpc) is 2.47. The van der Waals surface area contributed by atoms with Gasteiger partial charge in [0.25, 0.3) is 0 Å². The molecule has 4 heteroatoms. The van der Waals surface area contributed by atoms with Crippen LogP contribution in [0.15, 0.2) is 54.9 Å². The molecule has 1 amide bonds. The van der Waals surface area contributed by atoms with E-state index in [0.717, 1.165) is 11.1 Å². The molecule has 19 heavy (non-hydrogen) atoms. The molecule has 0 radical (unpaired) electrons. The molecule has 1 aromatic carbocycles. The summed E-state index contributed by atoms with van der Waals surface area (Å²) in [5, 5.41) is 12.2. The van der Waals surface area contributed by atoms with Crippen molar-refractivity contribution >= 4 is 5.91 Å². The number of carbonyl (C=O) groups excluding carboxylic acids is 1. The quantitative estimate of drug-likeness (QED) is 0.851. The molecule has 0 spiro atoms. The molecule has 0 saturated carbocycles. The van der Waals surface area contributed by atoms with Gasteiger partial charge >= 0.3 is 0 Å². The van der Waals surface area contributed by atoms with Crippen LogP contribution in [0.4, 0.5) is 0 Å². The molecule has 0 unspecified atom stereocenters. The first-order chi connectivity index (χ1) is 9.29. The highest BCUT2D eigenvalue weighted by Crippen LogP contribution is 2.11. The number of nitrogens with zero attached hydrogens (tertiary/aromatic N) is 1. The number of aromatic nitrogens is 1. The van der Waals surface area contributed by atoms with E-state index in [2.05, 4.69) is 10.3 Å². The Morgan fingerprint density at radius 2 is 2.00 bits per heavy atom. The van der Waals surface area contributed by atoms with E-state index in [9.17, 15) is 9.90 Å². The minimum Gasteiger partial charge on any atom is -0.394 e. The summed E-state index contributed by atoms with van der Waals surface area (Å²) in [6.07, 6.45) is 3.59. The summed E-state index contributed by atoms with van der Waals surface area (Å²) in [5.41, 5.74) is 1.74. The fourth-order valence-corrected chi connectivity index (χ4v) is 1.85. The Bertz CT molecular complexity index is 514. The summed E-state index contributed by atoms with van der Waals surface area (Å²) in [4.78, 5) is 15.9. The largest absolute Gasteiger partial charge is 0.394 e. The molecule has 0 aliphatic carbocycles. The molecule has 0 aliphatic rings. The van der Waals surface area contributed by atoms with Gasteiger partial charge in [-0.15, -0.1) is 0 Å². The lowest BCUT2D eigenvalue weighted by molar-refractivity contribution is -0.121. The van der Waals surface area contributed by atoms with Gasteiger partial charge < -0.3 is 10.4 Å². The number of aliphatic hydroxyl groups is 1. The van der Waals surface area contributed by atoms with E-state index < -0.39 is 0 Å². The molecule has 0 aliphatic heterocycles. The van der Waals surface area contributed by atoms with Crippen molar-refractivity contribution in [2.75, 3.05) is 6.61 Å². The van der Waals surface area contributed by atoms with E-state index in [1.165, 1.54) is 0 Å². The second-order valence-corrected chi connectivity index (χ2v) is 4.25. The molecule has 4 nitrogen and oxygen atoms in total. The van der Waals surface area contributed by atoms with Crippen LogP contribution in [0.25, 0.3) is 0 Å². The van der Waals surface area contributed by atoms with Crippen LogP contribution in [0.2, 0.25) is 0 Å². The smallest absolute Gasteiger partial charge is 0.225 e. The van der Waals surface area contributed by atoms with Gasteiger partial charge in [0.15, 0.2) is 0 Å². The fourth-order valence-electron chi connectivity index (χ4n) is 1.85. The maximum atomic E-state index is 11.9. The summed E-state index contributed by atoms with van der Waals surface area (Å²) in [5.74, 6) is -0.129. The molecule has 2 rings (SSSR count). The van der Waals surface area contributed by atoms with Gasteiger partial charge in [-0.2, -0.15) is 0 Å². The molecular formula is C15H16N2O2. The van der Waals surface area contributed by atoms with Crippen LogP contribution in [0.3, 0.4) is 0 Å². The highest BCUT2D eigenvalue weighted by Gasteiger charge is 2.13. The molecule has 2 N–H and O–H groups in total. The molecule has 1 atom stereocenters. The summed E-state index contributed by atoms with van der Waals surface area (Å²) in [6, 6.07) is 12.7. The Kier molecular flexibility index (Phi) is 4.64. The molecular weight excluding hydrogens is 240 g/mol. The van der Waals surface area contributed by atoms with Crippen LogP contribution < -0.4 is 5.32 Å². The van der Waals surface area contributed by atoms with E-state index in [1.807, 2.05) is 36.4 Å². The number of pyridine rings is 1. The SMILES string of the molecule is O=C(Cc1cccnc1)N[C@H](CO)c1ccccc1. The van der Waals surface area contributed by atoms with Crippen molar-refractivity contribution in [3.05, 3.63) is 66.0 Å². The van der Waals surface area contributed by atoms with E-state index in [4.69, 9.17) is 0 Å². The third kappa shape index (κ3) is 3.89. The van der Waals surface area contributed by atoms with Crippen LogP contribution in [-0.4, -0.2) is 22.6 Å². The Morgan fingerprint density at radius 1 is 1.21 bits per heavy atom. The van der Waals surface area contributed by atoms with Crippen molar-refractivity contribution in [3.63, 3.8) is 0 Å². The van der Waals surface area contributed by atoms with Crippen LogP contribution in [0.1, 0.15) is 17.2 Å². The van der Waals surface area contributed by atoms with Gasteiger partial charge in [0, 0.05) is 12.4 Å². The fraction of sp³-hybridized carbons (Fsp3) is 0.200. The van der Waals surface area contributed by atoms with Gasteiger partial charge in [-0.25, -0.2) is 0 Å². The highest BCUT2D eigenvalue weighted by molar-refractivity contribution is 5.78. The standard InChI is InChI=1S/C15H16N2O2/c18-11-14(13-6-2-1-3-7-13)17-15(19)9-12-5-4-8-16-10-12/h1-8,10,14,18H,9,11H2,(H,17,19)/t14-/m1/s1. The number of benzene rings is 1. The van der Waals surface area contributed by atoms with Crippen molar-refractivity contribution in [1.82, 2.24) is 10.3 Å². The normalized spacial score (nSPS) is 11.8. The lowest BCUT2D eigenvalue weighted by atomic mass is 10.1. The lowest BCUT2D eigenvalue weighted by Crippen LogP contribution is -2.31. The van der Waals surface area contributed by atoms with E-state index in [-0.39, 0.29) is 25.0 Å². The predicted octanol–water partition coefficient (Wildman–Crippen LogP) is 1.47. The summed E-state index contributed by atoms with van der Waals surface area (Å²) >= 11 is 0. The van der Waals surface area contributed by atoms with Crippen molar-refractivity contribution in [3.8, 4) is 0 Å². The summed E-state index contributed by atoms with van der Waals surface area (Å²) in [7, 11) is 0. The minimum absolute atomic E-state index is 0.122. The van der Waals surface area contributed by atoms with Gasteiger partial charge in [-0.1, -0.05) is 36.4 Å². The molecule has 1 heterocycles.